The van der Waals surface area contributed by atoms with E-state index >= 15 is 0 Å². The van der Waals surface area contributed by atoms with Gasteiger partial charge in [-0.3, -0.25) is 4.79 Å². The molecule has 1 fully saturated rings. The van der Waals surface area contributed by atoms with Crippen molar-refractivity contribution in [3.8, 4) is 0 Å². The molecule has 0 atom stereocenters. The maximum Gasteiger partial charge on any atom is 0.223 e. The first-order valence-electron chi connectivity index (χ1n) is 5.66. The molecule has 0 spiro atoms. The van der Waals surface area contributed by atoms with Crippen molar-refractivity contribution in [1.29, 1.82) is 0 Å². The van der Waals surface area contributed by atoms with Crippen molar-refractivity contribution < 1.29 is 9.90 Å². The first kappa shape index (κ1) is 12.5. The molecule has 4 nitrogen and oxygen atoms in total. The monoisotopic (exact) mass is 214 g/mol. The van der Waals surface area contributed by atoms with Gasteiger partial charge in [-0.25, -0.2) is 0 Å². The second-order valence-electron chi connectivity index (χ2n) is 4.61. The summed E-state index contributed by atoms with van der Waals surface area (Å²) in [6, 6.07) is 0. The summed E-state index contributed by atoms with van der Waals surface area (Å²) >= 11 is 0. The van der Waals surface area contributed by atoms with Crippen molar-refractivity contribution in [3.63, 3.8) is 0 Å². The minimum atomic E-state index is -0.105. The van der Waals surface area contributed by atoms with Crippen molar-refractivity contribution >= 4 is 5.91 Å². The Kier molecular flexibility index (Phi) is 4.54. The standard InChI is InChI=1S/C11H22N2O2/c1-13(2)10(15)5-8-12-11(9-14)6-3-4-7-11/h12,14H,3-9H2,1-2H3. The van der Waals surface area contributed by atoms with Crippen LogP contribution in [0.25, 0.3) is 0 Å². The van der Waals surface area contributed by atoms with Gasteiger partial charge in [0.15, 0.2) is 0 Å². The lowest BCUT2D eigenvalue weighted by atomic mass is 9.99. The number of nitrogens with zero attached hydrogens (tertiary/aromatic N) is 1. The maximum atomic E-state index is 11.3. The highest BCUT2D eigenvalue weighted by Gasteiger charge is 2.32. The SMILES string of the molecule is CN(C)C(=O)CCNC1(CO)CCCC1. The molecule has 0 aromatic heterocycles. The molecule has 15 heavy (non-hydrogen) atoms. The molecule has 1 rings (SSSR count). The van der Waals surface area contributed by atoms with E-state index in [2.05, 4.69) is 5.32 Å². The second-order valence-corrected chi connectivity index (χ2v) is 4.61. The number of nitrogens with one attached hydrogen (secondary N) is 1. The molecule has 0 aromatic rings. The van der Waals surface area contributed by atoms with Crippen LogP contribution in [0, 0.1) is 0 Å². The van der Waals surface area contributed by atoms with E-state index < -0.39 is 0 Å². The van der Waals surface area contributed by atoms with Gasteiger partial charge < -0.3 is 15.3 Å². The van der Waals surface area contributed by atoms with E-state index in [1.807, 2.05) is 0 Å². The first-order chi connectivity index (χ1) is 7.09. The Balaban J connectivity index is 2.26. The Morgan fingerprint density at radius 2 is 2.00 bits per heavy atom. The van der Waals surface area contributed by atoms with Crippen LogP contribution in [-0.2, 0) is 4.79 Å². The van der Waals surface area contributed by atoms with Crippen LogP contribution in [0.2, 0.25) is 0 Å². The van der Waals surface area contributed by atoms with Gasteiger partial charge in [0.2, 0.25) is 5.91 Å². The highest BCUT2D eigenvalue weighted by atomic mass is 16.3. The average Bonchev–Trinajstić information content (AvgIpc) is 2.67. The topological polar surface area (TPSA) is 52.6 Å². The zero-order valence-corrected chi connectivity index (χ0v) is 9.75. The smallest absolute Gasteiger partial charge is 0.223 e. The Morgan fingerprint density at radius 1 is 1.40 bits per heavy atom. The number of carbonyl (C=O) groups excluding carboxylic acids is 1. The van der Waals surface area contributed by atoms with Crippen LogP contribution in [0.4, 0.5) is 0 Å². The van der Waals surface area contributed by atoms with Gasteiger partial charge in [-0.1, -0.05) is 12.8 Å². The quantitative estimate of drug-likeness (QED) is 0.695. The predicted molar refractivity (Wildman–Crippen MR) is 59.6 cm³/mol. The van der Waals surface area contributed by atoms with Crippen molar-refractivity contribution in [2.75, 3.05) is 27.2 Å². The van der Waals surface area contributed by atoms with E-state index in [1.54, 1.807) is 19.0 Å². The number of hydrogen-bond acceptors (Lipinski definition) is 3. The van der Waals surface area contributed by atoms with Gasteiger partial charge in [0.25, 0.3) is 0 Å². The number of aliphatic hydroxyl groups is 1. The van der Waals surface area contributed by atoms with Gasteiger partial charge in [0.05, 0.1) is 6.61 Å². The third kappa shape index (κ3) is 3.47. The summed E-state index contributed by atoms with van der Waals surface area (Å²) in [5, 5.41) is 12.7. The van der Waals surface area contributed by atoms with Crippen LogP contribution in [0.1, 0.15) is 32.1 Å². The zero-order chi connectivity index (χ0) is 11.3. The number of aliphatic hydroxyl groups excluding tert-OH is 1. The van der Waals surface area contributed by atoms with E-state index in [1.165, 1.54) is 12.8 Å². The molecule has 0 heterocycles. The third-order valence-corrected chi connectivity index (χ3v) is 3.20. The molecule has 0 saturated heterocycles. The van der Waals surface area contributed by atoms with Crippen LogP contribution >= 0.6 is 0 Å². The molecular formula is C11H22N2O2. The van der Waals surface area contributed by atoms with Gasteiger partial charge in [-0.05, 0) is 12.8 Å². The molecule has 1 saturated carbocycles. The summed E-state index contributed by atoms with van der Waals surface area (Å²) < 4.78 is 0. The van der Waals surface area contributed by atoms with Crippen molar-refractivity contribution in [1.82, 2.24) is 10.2 Å². The van der Waals surface area contributed by atoms with Crippen molar-refractivity contribution in [3.05, 3.63) is 0 Å². The molecule has 1 aliphatic rings. The lowest BCUT2D eigenvalue weighted by Gasteiger charge is -2.28. The Morgan fingerprint density at radius 3 is 2.47 bits per heavy atom. The van der Waals surface area contributed by atoms with Gasteiger partial charge >= 0.3 is 0 Å². The molecule has 0 bridgehead atoms. The highest BCUT2D eigenvalue weighted by Crippen LogP contribution is 2.28. The molecule has 0 aliphatic heterocycles. The Hall–Kier alpha value is -0.610. The summed E-state index contributed by atoms with van der Waals surface area (Å²) in [6.45, 7) is 0.848. The van der Waals surface area contributed by atoms with E-state index in [9.17, 15) is 9.90 Å². The molecule has 88 valence electrons. The first-order valence-corrected chi connectivity index (χ1v) is 5.66. The summed E-state index contributed by atoms with van der Waals surface area (Å²) in [5.74, 6) is 0.133. The molecule has 1 aliphatic carbocycles. The van der Waals surface area contributed by atoms with Crippen molar-refractivity contribution in [2.24, 2.45) is 0 Å². The minimum Gasteiger partial charge on any atom is -0.394 e. The predicted octanol–water partition coefficient (Wildman–Crippen LogP) is 0.359. The minimum absolute atomic E-state index is 0.105. The normalized spacial score (nSPS) is 19.1. The summed E-state index contributed by atoms with van der Waals surface area (Å²) in [6.07, 6.45) is 4.92. The van der Waals surface area contributed by atoms with Crippen LogP contribution in [0.15, 0.2) is 0 Å². The molecule has 2 N–H and O–H groups in total. The van der Waals surface area contributed by atoms with Crippen LogP contribution in [-0.4, -0.2) is 48.7 Å². The van der Waals surface area contributed by atoms with Gasteiger partial charge in [-0.2, -0.15) is 0 Å². The van der Waals surface area contributed by atoms with Crippen LogP contribution in [0.5, 0.6) is 0 Å². The number of hydrogen-bond donors (Lipinski definition) is 2. The van der Waals surface area contributed by atoms with E-state index in [0.29, 0.717) is 13.0 Å². The Bertz CT molecular complexity index is 211. The van der Waals surface area contributed by atoms with Gasteiger partial charge in [0, 0.05) is 32.6 Å². The fourth-order valence-corrected chi connectivity index (χ4v) is 2.10. The third-order valence-electron chi connectivity index (χ3n) is 3.20. The molecule has 0 aromatic carbocycles. The fraction of sp³-hybridized carbons (Fsp3) is 0.909. The van der Waals surface area contributed by atoms with Crippen LogP contribution in [0.3, 0.4) is 0 Å². The maximum absolute atomic E-state index is 11.3. The number of amides is 1. The molecule has 0 unspecified atom stereocenters. The highest BCUT2D eigenvalue weighted by molar-refractivity contribution is 5.75. The molecular weight excluding hydrogens is 192 g/mol. The average molecular weight is 214 g/mol. The van der Waals surface area contributed by atoms with Crippen molar-refractivity contribution in [2.45, 2.75) is 37.6 Å². The molecule has 4 heteroatoms. The summed E-state index contributed by atoms with van der Waals surface area (Å²) in [7, 11) is 3.53. The Labute approximate surface area is 91.6 Å². The second kappa shape index (κ2) is 5.47. The molecule has 0 radical (unpaired) electrons. The van der Waals surface area contributed by atoms with E-state index in [0.717, 1.165) is 12.8 Å². The van der Waals surface area contributed by atoms with Crippen LogP contribution < -0.4 is 5.32 Å². The fourth-order valence-electron chi connectivity index (χ4n) is 2.10. The lowest BCUT2D eigenvalue weighted by Crippen LogP contribution is -2.47. The largest absolute Gasteiger partial charge is 0.394 e. The van der Waals surface area contributed by atoms with Gasteiger partial charge in [0.1, 0.15) is 0 Å². The van der Waals surface area contributed by atoms with E-state index in [4.69, 9.17) is 0 Å². The lowest BCUT2D eigenvalue weighted by molar-refractivity contribution is -0.128. The number of rotatable bonds is 5. The van der Waals surface area contributed by atoms with Gasteiger partial charge in [-0.15, -0.1) is 0 Å². The molecule has 1 amide bonds. The summed E-state index contributed by atoms with van der Waals surface area (Å²) in [4.78, 5) is 12.9. The number of carbonyl (C=O) groups is 1. The summed E-state index contributed by atoms with van der Waals surface area (Å²) in [5.41, 5.74) is -0.105. The van der Waals surface area contributed by atoms with E-state index in [-0.39, 0.29) is 18.1 Å². The zero-order valence-electron chi connectivity index (χ0n) is 9.75.